The molecule has 1 aromatic rings. The summed E-state index contributed by atoms with van der Waals surface area (Å²) in [5, 5.41) is 0. The number of ether oxygens (including phenoxy) is 1. The maximum absolute atomic E-state index is 13.5. The van der Waals surface area contributed by atoms with Gasteiger partial charge in [-0.05, 0) is 83.6 Å². The third-order valence-electron chi connectivity index (χ3n) is 8.11. The van der Waals surface area contributed by atoms with Crippen molar-refractivity contribution in [3.05, 3.63) is 28.8 Å². The zero-order valence-corrected chi connectivity index (χ0v) is 23.4. The molecule has 3 aliphatic rings. The predicted octanol–water partition coefficient (Wildman–Crippen LogP) is 2.27. The Labute approximate surface area is 217 Å². The molecule has 0 spiro atoms. The van der Waals surface area contributed by atoms with E-state index in [1.807, 2.05) is 37.8 Å². The smallest absolute Gasteiger partial charge is 0.248 e. The lowest BCUT2D eigenvalue weighted by atomic mass is 9.96. The van der Waals surface area contributed by atoms with Gasteiger partial charge in [-0.2, -0.15) is 4.31 Å². The Morgan fingerprint density at radius 3 is 2.22 bits per heavy atom. The van der Waals surface area contributed by atoms with Gasteiger partial charge in [-0.3, -0.25) is 9.69 Å². The van der Waals surface area contributed by atoms with Crippen LogP contribution in [0.25, 0.3) is 0 Å². The van der Waals surface area contributed by atoms with Gasteiger partial charge in [0, 0.05) is 45.3 Å². The minimum Gasteiger partial charge on any atom is -0.370 e. The molecule has 8 nitrogen and oxygen atoms in total. The van der Waals surface area contributed by atoms with Crippen LogP contribution in [-0.4, -0.2) is 112 Å². The molecule has 1 atom stereocenters. The number of hydrogen-bond donors (Lipinski definition) is 0. The summed E-state index contributed by atoms with van der Waals surface area (Å²) in [5.74, 6) is 0.775. The standard InChI is InChI=1S/C27H44N4O4S/c1-21-16-22(2)27(23(3)17-21)36(33,34)31-9-5-6-25(31)19-35-20-26(32)30-14-12-29(13-15-30)18-24-7-10-28(4)11-8-24/h16-17,24-25H,5-15,18-20H2,1-4H3/t25-/m1/s1. The first-order chi connectivity index (χ1) is 17.1. The summed E-state index contributed by atoms with van der Waals surface area (Å²) in [7, 11) is -1.42. The van der Waals surface area contributed by atoms with Crippen LogP contribution in [0.5, 0.6) is 0 Å². The first-order valence-corrected chi connectivity index (χ1v) is 14.9. The highest BCUT2D eigenvalue weighted by Gasteiger charge is 2.37. The van der Waals surface area contributed by atoms with E-state index in [0.717, 1.165) is 68.2 Å². The fourth-order valence-electron chi connectivity index (χ4n) is 6.15. The molecule has 3 fully saturated rings. The number of likely N-dealkylation sites (tertiary alicyclic amines) is 1. The summed E-state index contributed by atoms with van der Waals surface area (Å²) in [6.45, 7) is 13.3. The second kappa shape index (κ2) is 11.9. The number of piperazine rings is 1. The molecule has 1 aromatic carbocycles. The molecule has 0 radical (unpaired) electrons. The molecule has 0 unspecified atom stereocenters. The molecule has 0 bridgehead atoms. The summed E-state index contributed by atoms with van der Waals surface area (Å²) in [6, 6.07) is 3.62. The van der Waals surface area contributed by atoms with Crippen molar-refractivity contribution in [2.45, 2.75) is 57.4 Å². The number of nitrogens with zero attached hydrogens (tertiary/aromatic N) is 4. The van der Waals surface area contributed by atoms with Crippen LogP contribution in [0.1, 0.15) is 42.4 Å². The maximum Gasteiger partial charge on any atom is 0.248 e. The summed E-state index contributed by atoms with van der Waals surface area (Å²) in [4.78, 5) is 20.0. The molecule has 0 aliphatic carbocycles. The van der Waals surface area contributed by atoms with Crippen LogP contribution in [-0.2, 0) is 19.6 Å². The fraction of sp³-hybridized carbons (Fsp3) is 0.741. The quantitative estimate of drug-likeness (QED) is 0.524. The van der Waals surface area contributed by atoms with Gasteiger partial charge in [-0.25, -0.2) is 8.42 Å². The lowest BCUT2D eigenvalue weighted by Gasteiger charge is -2.38. The van der Waals surface area contributed by atoms with E-state index in [1.165, 1.54) is 25.9 Å². The summed E-state index contributed by atoms with van der Waals surface area (Å²) in [6.07, 6.45) is 4.10. The Bertz CT molecular complexity index is 992. The van der Waals surface area contributed by atoms with Crippen molar-refractivity contribution in [3.63, 3.8) is 0 Å². The van der Waals surface area contributed by atoms with Gasteiger partial charge in [0.05, 0.1) is 11.5 Å². The van der Waals surface area contributed by atoms with Crippen molar-refractivity contribution < 1.29 is 17.9 Å². The zero-order chi connectivity index (χ0) is 25.9. The molecule has 0 saturated carbocycles. The summed E-state index contributed by atoms with van der Waals surface area (Å²) < 4.78 is 34.4. The van der Waals surface area contributed by atoms with E-state index < -0.39 is 10.0 Å². The van der Waals surface area contributed by atoms with Crippen molar-refractivity contribution in [2.75, 3.05) is 72.6 Å². The van der Waals surface area contributed by atoms with Crippen LogP contribution < -0.4 is 0 Å². The first kappa shape index (κ1) is 27.5. The van der Waals surface area contributed by atoms with Crippen LogP contribution in [0, 0.1) is 26.7 Å². The summed E-state index contributed by atoms with van der Waals surface area (Å²) in [5.41, 5.74) is 2.62. The van der Waals surface area contributed by atoms with Crippen molar-refractivity contribution >= 4 is 15.9 Å². The van der Waals surface area contributed by atoms with Crippen molar-refractivity contribution in [2.24, 2.45) is 5.92 Å². The van der Waals surface area contributed by atoms with Gasteiger partial charge in [0.2, 0.25) is 15.9 Å². The van der Waals surface area contributed by atoms with Crippen LogP contribution in [0.15, 0.2) is 17.0 Å². The summed E-state index contributed by atoms with van der Waals surface area (Å²) >= 11 is 0. The highest BCUT2D eigenvalue weighted by Crippen LogP contribution is 2.30. The van der Waals surface area contributed by atoms with E-state index in [-0.39, 0.29) is 25.2 Å². The first-order valence-electron chi connectivity index (χ1n) is 13.5. The molecule has 4 rings (SSSR count). The molecule has 0 aromatic heterocycles. The Kier molecular flexibility index (Phi) is 9.09. The molecule has 9 heteroatoms. The molecule has 3 aliphatic heterocycles. The minimum atomic E-state index is -3.61. The van der Waals surface area contributed by atoms with E-state index in [0.29, 0.717) is 11.4 Å². The Hall–Kier alpha value is -1.52. The van der Waals surface area contributed by atoms with Crippen LogP contribution in [0.2, 0.25) is 0 Å². The van der Waals surface area contributed by atoms with Gasteiger partial charge in [0.25, 0.3) is 0 Å². The Morgan fingerprint density at radius 2 is 1.58 bits per heavy atom. The van der Waals surface area contributed by atoms with E-state index in [2.05, 4.69) is 16.8 Å². The number of carbonyl (C=O) groups is 1. The number of rotatable bonds is 8. The third-order valence-corrected chi connectivity index (χ3v) is 10.4. The Balaban J connectivity index is 1.23. The zero-order valence-electron chi connectivity index (χ0n) is 22.5. The molecule has 0 N–H and O–H groups in total. The van der Waals surface area contributed by atoms with Gasteiger partial charge in [-0.1, -0.05) is 17.7 Å². The minimum absolute atomic E-state index is 0.00608. The number of piperidine rings is 1. The van der Waals surface area contributed by atoms with E-state index >= 15 is 0 Å². The third kappa shape index (κ3) is 6.48. The SMILES string of the molecule is Cc1cc(C)c(S(=O)(=O)N2CCC[C@@H]2COCC(=O)N2CCN(CC3CCN(C)CC3)CC2)c(C)c1. The van der Waals surface area contributed by atoms with Gasteiger partial charge in [0.15, 0.2) is 0 Å². The van der Waals surface area contributed by atoms with E-state index in [1.54, 1.807) is 4.31 Å². The number of carbonyl (C=O) groups excluding carboxylic acids is 1. The van der Waals surface area contributed by atoms with Crippen LogP contribution >= 0.6 is 0 Å². The number of aryl methyl sites for hydroxylation is 3. The second-order valence-electron chi connectivity index (χ2n) is 11.1. The number of amides is 1. The van der Waals surface area contributed by atoms with E-state index in [4.69, 9.17) is 4.74 Å². The molecular formula is C27H44N4O4S. The van der Waals surface area contributed by atoms with Crippen LogP contribution in [0.4, 0.5) is 0 Å². The average molecular weight is 521 g/mol. The lowest BCUT2D eigenvalue weighted by Crippen LogP contribution is -2.51. The Morgan fingerprint density at radius 1 is 0.944 bits per heavy atom. The molecule has 36 heavy (non-hydrogen) atoms. The lowest BCUT2D eigenvalue weighted by molar-refractivity contribution is -0.138. The highest BCUT2D eigenvalue weighted by molar-refractivity contribution is 7.89. The number of benzene rings is 1. The largest absolute Gasteiger partial charge is 0.370 e. The molecule has 3 heterocycles. The number of hydrogen-bond acceptors (Lipinski definition) is 6. The van der Waals surface area contributed by atoms with Gasteiger partial charge in [-0.15, -0.1) is 0 Å². The highest BCUT2D eigenvalue weighted by atomic mass is 32.2. The molecule has 202 valence electrons. The van der Waals surface area contributed by atoms with Gasteiger partial charge < -0.3 is 14.5 Å². The van der Waals surface area contributed by atoms with Crippen molar-refractivity contribution in [1.82, 2.24) is 19.0 Å². The van der Waals surface area contributed by atoms with Crippen molar-refractivity contribution in [1.29, 1.82) is 0 Å². The monoisotopic (exact) mass is 520 g/mol. The topological polar surface area (TPSA) is 73.4 Å². The molecular weight excluding hydrogens is 476 g/mol. The predicted molar refractivity (Wildman–Crippen MR) is 142 cm³/mol. The normalized spacial score (nSPS) is 23.4. The van der Waals surface area contributed by atoms with Gasteiger partial charge in [0.1, 0.15) is 6.61 Å². The van der Waals surface area contributed by atoms with E-state index in [9.17, 15) is 13.2 Å². The average Bonchev–Trinajstić information content (AvgIpc) is 3.30. The van der Waals surface area contributed by atoms with Gasteiger partial charge >= 0.3 is 0 Å². The maximum atomic E-state index is 13.5. The van der Waals surface area contributed by atoms with Crippen LogP contribution in [0.3, 0.4) is 0 Å². The second-order valence-corrected chi connectivity index (χ2v) is 12.9. The fourth-order valence-corrected chi connectivity index (χ4v) is 8.24. The van der Waals surface area contributed by atoms with Crippen molar-refractivity contribution in [3.8, 4) is 0 Å². The number of sulfonamides is 1. The molecule has 3 saturated heterocycles. The molecule has 1 amide bonds.